The van der Waals surface area contributed by atoms with Crippen molar-refractivity contribution in [1.29, 1.82) is 0 Å². The molecule has 0 N–H and O–H groups in total. The van der Waals surface area contributed by atoms with E-state index < -0.39 is 11.4 Å². The lowest BCUT2D eigenvalue weighted by molar-refractivity contribution is 0.0736. The van der Waals surface area contributed by atoms with E-state index in [1.807, 2.05) is 0 Å². The molecule has 0 spiro atoms. The molecule has 0 unspecified atom stereocenters. The molecule has 4 aromatic rings. The van der Waals surface area contributed by atoms with Crippen LogP contribution in [0, 0.1) is 0 Å². The maximum Gasteiger partial charge on any atom is 0.353 e. The van der Waals surface area contributed by atoms with Crippen LogP contribution in [-0.4, -0.2) is 20.2 Å². The summed E-state index contributed by atoms with van der Waals surface area (Å²) in [6.07, 6.45) is 0. The van der Waals surface area contributed by atoms with Gasteiger partial charge in [-0.2, -0.15) is 0 Å². The van der Waals surface area contributed by atoms with Gasteiger partial charge in [0, 0.05) is 5.56 Å². The van der Waals surface area contributed by atoms with Gasteiger partial charge in [0.05, 0.1) is 24.1 Å². The third kappa shape index (κ3) is 3.59. The standard InChI is InChI=1S/C22H15BrO6S/c1-26-16-11-12(10-14(23)20(16)27-2)19-21(29-22(25)17-8-5-9-30-17)18(24)13-6-3-4-7-15(13)28-19/h3-11H,1-2H3. The number of para-hydroxylation sites is 1. The van der Waals surface area contributed by atoms with Crippen LogP contribution in [0.3, 0.4) is 0 Å². The Morgan fingerprint density at radius 3 is 2.53 bits per heavy atom. The van der Waals surface area contributed by atoms with Crippen LogP contribution in [-0.2, 0) is 0 Å². The second kappa shape index (κ2) is 8.33. The van der Waals surface area contributed by atoms with Crippen LogP contribution >= 0.6 is 27.3 Å². The predicted molar refractivity (Wildman–Crippen MR) is 118 cm³/mol. The molecular formula is C22H15BrO6S. The van der Waals surface area contributed by atoms with E-state index >= 15 is 0 Å². The average molecular weight is 487 g/mol. The van der Waals surface area contributed by atoms with Gasteiger partial charge in [0.25, 0.3) is 0 Å². The summed E-state index contributed by atoms with van der Waals surface area (Å²) in [5.74, 6) is 0.208. The highest BCUT2D eigenvalue weighted by molar-refractivity contribution is 9.10. The molecule has 152 valence electrons. The van der Waals surface area contributed by atoms with Gasteiger partial charge in [-0.25, -0.2) is 4.79 Å². The van der Waals surface area contributed by atoms with Gasteiger partial charge in [-0.05, 0) is 51.6 Å². The number of benzene rings is 2. The largest absolute Gasteiger partial charge is 0.493 e. The molecule has 8 heteroatoms. The lowest BCUT2D eigenvalue weighted by atomic mass is 10.1. The lowest BCUT2D eigenvalue weighted by Gasteiger charge is -2.14. The fourth-order valence-electron chi connectivity index (χ4n) is 2.99. The monoisotopic (exact) mass is 486 g/mol. The zero-order valence-electron chi connectivity index (χ0n) is 15.9. The fraction of sp³-hybridized carbons (Fsp3) is 0.0909. The topological polar surface area (TPSA) is 75.0 Å². The predicted octanol–water partition coefficient (Wildman–Crippen LogP) is 5.52. The van der Waals surface area contributed by atoms with E-state index in [1.54, 1.807) is 53.9 Å². The summed E-state index contributed by atoms with van der Waals surface area (Å²) in [4.78, 5) is 26.2. The van der Waals surface area contributed by atoms with Gasteiger partial charge in [0.15, 0.2) is 17.3 Å². The number of methoxy groups -OCH3 is 2. The Labute approximate surface area is 183 Å². The molecule has 2 aromatic heterocycles. The van der Waals surface area contributed by atoms with Crippen molar-refractivity contribution in [2.24, 2.45) is 0 Å². The number of halogens is 1. The summed E-state index contributed by atoms with van der Waals surface area (Å²) in [7, 11) is 3.02. The number of rotatable bonds is 5. The van der Waals surface area contributed by atoms with E-state index in [1.165, 1.54) is 25.6 Å². The molecule has 0 aliphatic heterocycles. The normalized spacial score (nSPS) is 10.8. The number of esters is 1. The first kappa shape index (κ1) is 20.2. The average Bonchev–Trinajstić information content (AvgIpc) is 3.30. The van der Waals surface area contributed by atoms with E-state index in [2.05, 4.69) is 15.9 Å². The van der Waals surface area contributed by atoms with Crippen molar-refractivity contribution < 1.29 is 23.4 Å². The number of fused-ring (bicyclic) bond motifs is 1. The van der Waals surface area contributed by atoms with Crippen molar-refractivity contribution >= 4 is 44.2 Å². The third-order valence-electron chi connectivity index (χ3n) is 4.37. The lowest BCUT2D eigenvalue weighted by Crippen LogP contribution is -2.15. The molecule has 0 saturated carbocycles. The highest BCUT2D eigenvalue weighted by Gasteiger charge is 2.23. The van der Waals surface area contributed by atoms with Crippen LogP contribution in [0.1, 0.15) is 9.67 Å². The second-order valence-electron chi connectivity index (χ2n) is 6.15. The molecule has 0 atom stereocenters. The Morgan fingerprint density at radius 1 is 1.03 bits per heavy atom. The van der Waals surface area contributed by atoms with Gasteiger partial charge in [-0.3, -0.25) is 4.79 Å². The van der Waals surface area contributed by atoms with Gasteiger partial charge >= 0.3 is 5.97 Å². The Kier molecular flexibility index (Phi) is 5.61. The molecule has 0 aliphatic carbocycles. The van der Waals surface area contributed by atoms with Gasteiger partial charge < -0.3 is 18.6 Å². The minimum Gasteiger partial charge on any atom is -0.493 e. The summed E-state index contributed by atoms with van der Waals surface area (Å²) in [6.45, 7) is 0. The van der Waals surface area contributed by atoms with Crippen molar-refractivity contribution in [2.75, 3.05) is 14.2 Å². The molecule has 0 amide bonds. The molecule has 0 fully saturated rings. The van der Waals surface area contributed by atoms with Crippen LogP contribution in [0.5, 0.6) is 17.2 Å². The Balaban J connectivity index is 1.96. The zero-order chi connectivity index (χ0) is 21.3. The molecule has 30 heavy (non-hydrogen) atoms. The minimum absolute atomic E-state index is 0.116. The number of thiophene rings is 1. The summed E-state index contributed by atoms with van der Waals surface area (Å²) < 4.78 is 22.9. The first-order valence-electron chi connectivity index (χ1n) is 8.77. The number of hydrogen-bond acceptors (Lipinski definition) is 7. The van der Waals surface area contributed by atoms with Crippen LogP contribution in [0.2, 0.25) is 0 Å². The third-order valence-corrected chi connectivity index (χ3v) is 5.81. The number of carbonyl (C=O) groups is 1. The second-order valence-corrected chi connectivity index (χ2v) is 7.95. The Morgan fingerprint density at radius 2 is 1.83 bits per heavy atom. The molecule has 4 rings (SSSR count). The van der Waals surface area contributed by atoms with E-state index in [4.69, 9.17) is 18.6 Å². The van der Waals surface area contributed by atoms with E-state index in [0.717, 1.165) is 0 Å². The summed E-state index contributed by atoms with van der Waals surface area (Å²) >= 11 is 4.66. The van der Waals surface area contributed by atoms with Crippen LogP contribution in [0.15, 0.2) is 67.6 Å². The summed E-state index contributed by atoms with van der Waals surface area (Å²) in [5.41, 5.74) is 0.415. The minimum atomic E-state index is -0.631. The molecule has 6 nitrogen and oxygen atoms in total. The number of hydrogen-bond donors (Lipinski definition) is 0. The van der Waals surface area contributed by atoms with Crippen molar-refractivity contribution in [3.8, 4) is 28.6 Å². The molecule has 0 radical (unpaired) electrons. The molecule has 0 bridgehead atoms. The Bertz CT molecular complexity index is 1290. The maximum atomic E-state index is 13.2. The van der Waals surface area contributed by atoms with Crippen molar-refractivity contribution in [2.45, 2.75) is 0 Å². The van der Waals surface area contributed by atoms with Gasteiger partial charge in [-0.15, -0.1) is 11.3 Å². The van der Waals surface area contributed by atoms with Crippen molar-refractivity contribution in [3.05, 3.63) is 73.5 Å². The van der Waals surface area contributed by atoms with Crippen molar-refractivity contribution in [1.82, 2.24) is 0 Å². The fourth-order valence-corrected chi connectivity index (χ4v) is 4.20. The molecule has 2 heterocycles. The highest BCUT2D eigenvalue weighted by Crippen LogP contribution is 2.41. The van der Waals surface area contributed by atoms with E-state index in [9.17, 15) is 9.59 Å². The van der Waals surface area contributed by atoms with Gasteiger partial charge in [0.1, 0.15) is 10.5 Å². The van der Waals surface area contributed by atoms with Crippen LogP contribution in [0.25, 0.3) is 22.3 Å². The van der Waals surface area contributed by atoms with Gasteiger partial charge in [0.2, 0.25) is 11.2 Å². The molecule has 0 aliphatic rings. The zero-order valence-corrected chi connectivity index (χ0v) is 18.3. The van der Waals surface area contributed by atoms with Gasteiger partial charge in [-0.1, -0.05) is 18.2 Å². The van der Waals surface area contributed by atoms with E-state index in [-0.39, 0.29) is 11.5 Å². The highest BCUT2D eigenvalue weighted by atomic mass is 79.9. The quantitative estimate of drug-likeness (QED) is 0.345. The smallest absolute Gasteiger partial charge is 0.353 e. The number of ether oxygens (including phenoxy) is 3. The maximum absolute atomic E-state index is 13.2. The van der Waals surface area contributed by atoms with Crippen LogP contribution < -0.4 is 19.6 Å². The Hall–Kier alpha value is -3.10. The van der Waals surface area contributed by atoms with Crippen LogP contribution in [0.4, 0.5) is 0 Å². The summed E-state index contributed by atoms with van der Waals surface area (Å²) in [6, 6.07) is 13.5. The first-order chi connectivity index (χ1) is 14.5. The van der Waals surface area contributed by atoms with Crippen molar-refractivity contribution in [3.63, 3.8) is 0 Å². The molecule has 0 saturated heterocycles. The SMILES string of the molecule is COc1cc(-c2oc3ccccc3c(=O)c2OC(=O)c2cccs2)cc(Br)c1OC. The molecular weight excluding hydrogens is 472 g/mol. The number of carbonyl (C=O) groups excluding carboxylic acids is 1. The summed E-state index contributed by atoms with van der Waals surface area (Å²) in [5, 5.41) is 2.07. The molecule has 2 aromatic carbocycles. The van der Waals surface area contributed by atoms with E-state index in [0.29, 0.717) is 37.4 Å². The first-order valence-corrected chi connectivity index (χ1v) is 10.4.